The highest BCUT2D eigenvalue weighted by atomic mass is 16.2. The second kappa shape index (κ2) is 7.96. The first-order chi connectivity index (χ1) is 13.6. The van der Waals surface area contributed by atoms with Crippen LogP contribution in [0.25, 0.3) is 5.65 Å². The molecular formula is C21H26N6O. The minimum Gasteiger partial charge on any atom is -0.335 e. The molecule has 4 rings (SSSR count). The molecule has 1 N–H and O–H groups in total. The summed E-state index contributed by atoms with van der Waals surface area (Å²) in [5, 5.41) is 11.7. The molecule has 1 fully saturated rings. The number of aryl methyl sites for hydroxylation is 1. The summed E-state index contributed by atoms with van der Waals surface area (Å²) < 4.78 is 2.05. The number of urea groups is 1. The van der Waals surface area contributed by atoms with Crippen molar-refractivity contribution in [3.05, 3.63) is 59.8 Å². The summed E-state index contributed by atoms with van der Waals surface area (Å²) in [6.07, 6.45) is 4.54. The van der Waals surface area contributed by atoms with Crippen molar-refractivity contribution in [1.29, 1.82) is 0 Å². The molecular weight excluding hydrogens is 352 g/mol. The Balaban J connectivity index is 1.31. The number of hydrogen-bond acceptors (Lipinski definition) is 4. The van der Waals surface area contributed by atoms with Crippen LogP contribution in [0.1, 0.15) is 42.9 Å². The number of rotatable bonds is 4. The van der Waals surface area contributed by atoms with E-state index in [0.29, 0.717) is 5.92 Å². The van der Waals surface area contributed by atoms with E-state index in [1.807, 2.05) is 61.3 Å². The predicted molar refractivity (Wildman–Crippen MR) is 107 cm³/mol. The van der Waals surface area contributed by atoms with Crippen LogP contribution in [-0.4, -0.2) is 49.6 Å². The fourth-order valence-electron chi connectivity index (χ4n) is 3.86. The zero-order chi connectivity index (χ0) is 19.5. The van der Waals surface area contributed by atoms with Gasteiger partial charge in [0.1, 0.15) is 5.82 Å². The highest BCUT2D eigenvalue weighted by Crippen LogP contribution is 2.27. The second-order valence-corrected chi connectivity index (χ2v) is 7.57. The van der Waals surface area contributed by atoms with Crippen molar-refractivity contribution in [2.24, 2.45) is 0 Å². The SMILES string of the molecule is Cc1cccc(C[C@H](C)NC(=O)N2CCC(c3nnc4ccccn34)CC2)n1. The Hall–Kier alpha value is -2.96. The summed E-state index contributed by atoms with van der Waals surface area (Å²) in [6, 6.07) is 12.0. The molecule has 0 aliphatic carbocycles. The number of fused-ring (bicyclic) bond motifs is 1. The van der Waals surface area contributed by atoms with Gasteiger partial charge in [-0.05, 0) is 51.0 Å². The van der Waals surface area contributed by atoms with Gasteiger partial charge < -0.3 is 10.2 Å². The Morgan fingerprint density at radius 2 is 2.00 bits per heavy atom. The first kappa shape index (κ1) is 18.4. The van der Waals surface area contributed by atoms with Gasteiger partial charge in [-0.15, -0.1) is 10.2 Å². The molecule has 1 aliphatic rings. The minimum atomic E-state index is 0.00436. The lowest BCUT2D eigenvalue weighted by Crippen LogP contribution is -2.47. The van der Waals surface area contributed by atoms with Crippen LogP contribution in [0.4, 0.5) is 4.79 Å². The molecule has 146 valence electrons. The first-order valence-corrected chi connectivity index (χ1v) is 9.88. The van der Waals surface area contributed by atoms with Gasteiger partial charge in [0.2, 0.25) is 0 Å². The summed E-state index contributed by atoms with van der Waals surface area (Å²) in [7, 11) is 0. The van der Waals surface area contributed by atoms with Gasteiger partial charge in [0, 0.05) is 49.1 Å². The summed E-state index contributed by atoms with van der Waals surface area (Å²) in [5.41, 5.74) is 2.88. The molecule has 7 heteroatoms. The highest BCUT2D eigenvalue weighted by molar-refractivity contribution is 5.74. The lowest BCUT2D eigenvalue weighted by atomic mass is 9.96. The number of carbonyl (C=O) groups excluding carboxylic acids is 1. The third kappa shape index (κ3) is 3.98. The Labute approximate surface area is 164 Å². The van der Waals surface area contributed by atoms with Crippen molar-refractivity contribution < 1.29 is 4.79 Å². The van der Waals surface area contributed by atoms with Crippen LogP contribution in [0.3, 0.4) is 0 Å². The molecule has 0 bridgehead atoms. The van der Waals surface area contributed by atoms with E-state index in [4.69, 9.17) is 0 Å². The van der Waals surface area contributed by atoms with Gasteiger partial charge in [0.05, 0.1) is 0 Å². The van der Waals surface area contributed by atoms with Crippen molar-refractivity contribution in [1.82, 2.24) is 29.8 Å². The number of piperidine rings is 1. The molecule has 4 heterocycles. The molecule has 7 nitrogen and oxygen atoms in total. The molecule has 0 radical (unpaired) electrons. The Bertz CT molecular complexity index is 960. The van der Waals surface area contributed by atoms with Gasteiger partial charge in [0.25, 0.3) is 0 Å². The summed E-state index contributed by atoms with van der Waals surface area (Å²) in [6.45, 7) is 5.47. The first-order valence-electron chi connectivity index (χ1n) is 9.88. The van der Waals surface area contributed by atoms with Crippen molar-refractivity contribution in [3.8, 4) is 0 Å². The maximum absolute atomic E-state index is 12.6. The zero-order valence-electron chi connectivity index (χ0n) is 16.4. The van der Waals surface area contributed by atoms with Gasteiger partial charge in [-0.1, -0.05) is 12.1 Å². The molecule has 0 saturated carbocycles. The monoisotopic (exact) mass is 378 g/mol. The highest BCUT2D eigenvalue weighted by Gasteiger charge is 2.27. The van der Waals surface area contributed by atoms with Crippen LogP contribution in [0.15, 0.2) is 42.6 Å². The average molecular weight is 378 g/mol. The van der Waals surface area contributed by atoms with Gasteiger partial charge >= 0.3 is 6.03 Å². The maximum atomic E-state index is 12.6. The van der Waals surface area contributed by atoms with Crippen LogP contribution in [0.2, 0.25) is 0 Å². The number of nitrogens with one attached hydrogen (secondary N) is 1. The average Bonchev–Trinajstić information content (AvgIpc) is 3.12. The van der Waals surface area contributed by atoms with E-state index in [9.17, 15) is 4.79 Å². The maximum Gasteiger partial charge on any atom is 0.317 e. The van der Waals surface area contributed by atoms with Crippen LogP contribution in [0.5, 0.6) is 0 Å². The molecule has 28 heavy (non-hydrogen) atoms. The van der Waals surface area contributed by atoms with E-state index in [1.54, 1.807) is 0 Å². The number of hydrogen-bond donors (Lipinski definition) is 1. The lowest BCUT2D eigenvalue weighted by Gasteiger charge is -2.32. The fourth-order valence-corrected chi connectivity index (χ4v) is 3.86. The molecule has 3 aromatic heterocycles. The molecule has 2 amide bonds. The second-order valence-electron chi connectivity index (χ2n) is 7.57. The van der Waals surface area contributed by atoms with E-state index in [1.165, 1.54) is 0 Å². The van der Waals surface area contributed by atoms with E-state index in [2.05, 4.69) is 24.9 Å². The van der Waals surface area contributed by atoms with Crippen LogP contribution >= 0.6 is 0 Å². The van der Waals surface area contributed by atoms with Gasteiger partial charge in [-0.3, -0.25) is 9.38 Å². The summed E-state index contributed by atoms with van der Waals surface area (Å²) in [5.74, 6) is 1.32. The smallest absolute Gasteiger partial charge is 0.317 e. The third-order valence-electron chi connectivity index (χ3n) is 5.32. The van der Waals surface area contributed by atoms with Gasteiger partial charge in [-0.25, -0.2) is 4.79 Å². The molecule has 1 saturated heterocycles. The van der Waals surface area contributed by atoms with Crippen molar-refractivity contribution in [3.63, 3.8) is 0 Å². The van der Waals surface area contributed by atoms with Crippen molar-refractivity contribution in [2.75, 3.05) is 13.1 Å². The minimum absolute atomic E-state index is 0.00436. The van der Waals surface area contributed by atoms with Crippen LogP contribution < -0.4 is 5.32 Å². The van der Waals surface area contributed by atoms with Crippen molar-refractivity contribution >= 4 is 11.7 Å². The fraction of sp³-hybridized carbons (Fsp3) is 0.429. The zero-order valence-corrected chi connectivity index (χ0v) is 16.4. The number of aromatic nitrogens is 4. The summed E-state index contributed by atoms with van der Waals surface area (Å²) >= 11 is 0. The van der Waals surface area contributed by atoms with Crippen LogP contribution in [-0.2, 0) is 6.42 Å². The Kier molecular flexibility index (Phi) is 5.23. The largest absolute Gasteiger partial charge is 0.335 e. The molecule has 0 unspecified atom stereocenters. The molecule has 1 aliphatic heterocycles. The third-order valence-corrected chi connectivity index (χ3v) is 5.32. The van der Waals surface area contributed by atoms with Gasteiger partial charge in [-0.2, -0.15) is 0 Å². The number of carbonyl (C=O) groups is 1. The van der Waals surface area contributed by atoms with Gasteiger partial charge in [0.15, 0.2) is 5.65 Å². The summed E-state index contributed by atoms with van der Waals surface area (Å²) in [4.78, 5) is 19.1. The van der Waals surface area contributed by atoms with E-state index in [0.717, 1.165) is 55.2 Å². The van der Waals surface area contributed by atoms with E-state index in [-0.39, 0.29) is 12.1 Å². The van der Waals surface area contributed by atoms with E-state index >= 15 is 0 Å². The molecule has 0 spiro atoms. The Morgan fingerprint density at radius 1 is 1.18 bits per heavy atom. The topological polar surface area (TPSA) is 75.4 Å². The van der Waals surface area contributed by atoms with E-state index < -0.39 is 0 Å². The Morgan fingerprint density at radius 3 is 2.79 bits per heavy atom. The molecule has 0 aromatic carbocycles. The number of nitrogens with zero attached hydrogens (tertiary/aromatic N) is 5. The van der Waals surface area contributed by atoms with Crippen molar-refractivity contribution in [2.45, 2.75) is 45.1 Å². The lowest BCUT2D eigenvalue weighted by molar-refractivity contribution is 0.177. The van der Waals surface area contributed by atoms with Crippen LogP contribution in [0, 0.1) is 6.92 Å². The number of pyridine rings is 2. The normalized spacial score (nSPS) is 16.3. The predicted octanol–water partition coefficient (Wildman–Crippen LogP) is 2.95. The number of amides is 2. The number of likely N-dealkylation sites (tertiary alicyclic amines) is 1. The molecule has 3 aromatic rings. The quantitative estimate of drug-likeness (QED) is 0.757. The standard InChI is InChI=1S/C21H26N6O/c1-15-6-5-7-18(22-15)14-16(2)23-21(28)26-12-9-17(10-13-26)20-25-24-19-8-3-4-11-27(19)20/h3-8,11,16-17H,9-10,12-14H2,1-2H3,(H,23,28)/t16-/m0/s1. The molecule has 1 atom stereocenters.